The Bertz CT molecular complexity index is 1300. The topological polar surface area (TPSA) is 98.1 Å². The molecule has 10 heteroatoms. The fourth-order valence-corrected chi connectivity index (χ4v) is 5.01. The van der Waals surface area contributed by atoms with Crippen LogP contribution in [0.15, 0.2) is 42.5 Å². The van der Waals surface area contributed by atoms with Gasteiger partial charge in [0.15, 0.2) is 11.5 Å². The Kier molecular flexibility index (Phi) is 5.42. The Morgan fingerprint density at radius 3 is 2.45 bits per heavy atom. The van der Waals surface area contributed by atoms with E-state index in [1.54, 1.807) is 30.3 Å². The van der Waals surface area contributed by atoms with E-state index >= 15 is 0 Å². The molecule has 5 rings (SSSR count). The number of para-hydroxylation sites is 1. The maximum Gasteiger partial charge on any atom is 0.326 e. The van der Waals surface area contributed by atoms with Gasteiger partial charge in [-0.25, -0.2) is 4.79 Å². The lowest BCUT2D eigenvalue weighted by atomic mass is 9.87. The lowest BCUT2D eigenvalue weighted by Gasteiger charge is -2.41. The van der Waals surface area contributed by atoms with E-state index in [0.29, 0.717) is 33.8 Å². The summed E-state index contributed by atoms with van der Waals surface area (Å²) in [6.07, 6.45) is 0.0252. The van der Waals surface area contributed by atoms with Crippen molar-refractivity contribution >= 4 is 51.9 Å². The average molecular weight is 489 g/mol. The van der Waals surface area contributed by atoms with Crippen molar-refractivity contribution in [2.45, 2.75) is 18.5 Å². The van der Waals surface area contributed by atoms with Gasteiger partial charge in [0.25, 0.3) is 0 Å². The number of aromatic nitrogens is 1. The number of rotatable bonds is 4. The van der Waals surface area contributed by atoms with Crippen LogP contribution in [-0.4, -0.2) is 57.0 Å². The summed E-state index contributed by atoms with van der Waals surface area (Å²) in [5.41, 5.74) is 2.34. The van der Waals surface area contributed by atoms with E-state index < -0.39 is 29.8 Å². The Morgan fingerprint density at radius 2 is 1.73 bits per heavy atom. The third kappa shape index (κ3) is 3.32. The molecule has 0 radical (unpaired) electrons. The summed E-state index contributed by atoms with van der Waals surface area (Å²) in [6.45, 7) is 0.0573. The smallest absolute Gasteiger partial charge is 0.326 e. The molecule has 2 aromatic carbocycles. The van der Waals surface area contributed by atoms with E-state index in [-0.39, 0.29) is 25.0 Å². The molecule has 2 aliphatic heterocycles. The molecule has 1 aromatic heterocycles. The first-order valence-corrected chi connectivity index (χ1v) is 11.2. The first-order valence-electron chi connectivity index (χ1n) is 10.2. The number of halogens is 2. The second-order valence-corrected chi connectivity index (χ2v) is 8.29. The van der Waals surface area contributed by atoms with E-state index in [0.717, 1.165) is 5.39 Å². The quantitative estimate of drug-likeness (QED) is 0.565. The monoisotopic (exact) mass is 488 g/mol. The molecule has 0 spiro atoms. The largest absolute Gasteiger partial charge is 0.480 e. The number of carboxylic acids is 1. The van der Waals surface area contributed by atoms with Crippen molar-refractivity contribution in [2.75, 3.05) is 18.6 Å². The molecule has 2 atom stereocenters. The van der Waals surface area contributed by atoms with Gasteiger partial charge in [-0.3, -0.25) is 14.2 Å². The van der Waals surface area contributed by atoms with Gasteiger partial charge < -0.3 is 19.5 Å². The van der Waals surface area contributed by atoms with E-state index in [2.05, 4.69) is 0 Å². The number of aliphatic carboxylic acids is 1. The zero-order valence-corrected chi connectivity index (χ0v) is 18.7. The predicted octanol–water partition coefficient (Wildman–Crippen LogP) is 3.42. The highest BCUT2D eigenvalue weighted by atomic mass is 35.5. The number of hydrogen-bond donors (Lipinski definition) is 1. The summed E-state index contributed by atoms with van der Waals surface area (Å²) in [6, 6.07) is 10.3. The minimum Gasteiger partial charge on any atom is -0.480 e. The highest BCUT2D eigenvalue weighted by Gasteiger charge is 2.45. The van der Waals surface area contributed by atoms with Crippen LogP contribution in [0.4, 0.5) is 0 Å². The average Bonchev–Trinajstić information content (AvgIpc) is 3.43. The molecular formula is C23H18Cl2N2O6. The Balaban J connectivity index is 1.85. The molecular weight excluding hydrogens is 471 g/mol. The molecule has 170 valence electrons. The molecule has 0 saturated carbocycles. The van der Waals surface area contributed by atoms with Gasteiger partial charge in [-0.2, -0.15) is 0 Å². The number of ether oxygens (including phenoxy) is 2. The SMILES string of the molecule is O=C(O)[C@H]1Cc2c(n(C(=O)CCl)c3ccccc23)[C@@H](c2ccc3c(c2)OCO3)N1C(=O)CCl. The second-order valence-electron chi connectivity index (χ2n) is 7.75. The Morgan fingerprint density at radius 1 is 1.00 bits per heavy atom. The molecule has 3 aromatic rings. The van der Waals surface area contributed by atoms with Crippen LogP contribution < -0.4 is 9.47 Å². The minimum atomic E-state index is -1.18. The van der Waals surface area contributed by atoms with Gasteiger partial charge in [-0.1, -0.05) is 24.3 Å². The number of carbonyl (C=O) groups is 3. The maximum atomic E-state index is 13.0. The first kappa shape index (κ1) is 21.6. The van der Waals surface area contributed by atoms with E-state index in [1.165, 1.54) is 9.47 Å². The Labute approximate surface area is 198 Å². The van der Waals surface area contributed by atoms with Crippen LogP contribution >= 0.6 is 23.2 Å². The van der Waals surface area contributed by atoms with Crippen molar-refractivity contribution in [1.29, 1.82) is 0 Å². The van der Waals surface area contributed by atoms with E-state index in [4.69, 9.17) is 32.7 Å². The van der Waals surface area contributed by atoms with Crippen LogP contribution in [0.2, 0.25) is 0 Å². The summed E-state index contributed by atoms with van der Waals surface area (Å²) < 4.78 is 12.4. The highest BCUT2D eigenvalue weighted by molar-refractivity contribution is 6.28. The Hall–Kier alpha value is -3.23. The number of benzene rings is 2. The molecule has 33 heavy (non-hydrogen) atoms. The van der Waals surface area contributed by atoms with Crippen molar-refractivity contribution in [1.82, 2.24) is 9.47 Å². The molecule has 0 aliphatic carbocycles. The minimum absolute atomic E-state index is 0.0252. The lowest BCUT2D eigenvalue weighted by Crippen LogP contribution is -2.52. The van der Waals surface area contributed by atoms with Crippen LogP contribution in [0.25, 0.3) is 10.9 Å². The van der Waals surface area contributed by atoms with Gasteiger partial charge in [-0.15, -0.1) is 23.2 Å². The number of fused-ring (bicyclic) bond motifs is 4. The molecule has 8 nitrogen and oxygen atoms in total. The van der Waals surface area contributed by atoms with Gasteiger partial charge in [-0.05, 0) is 29.3 Å². The van der Waals surface area contributed by atoms with E-state index in [1.807, 2.05) is 12.1 Å². The fraction of sp³-hybridized carbons (Fsp3) is 0.261. The third-order valence-corrected chi connectivity index (χ3v) is 6.51. The molecule has 1 N–H and O–H groups in total. The van der Waals surface area contributed by atoms with Crippen LogP contribution in [-0.2, 0) is 16.0 Å². The van der Waals surface area contributed by atoms with E-state index in [9.17, 15) is 19.5 Å². The number of hydrogen-bond acceptors (Lipinski definition) is 5. The van der Waals surface area contributed by atoms with Crippen molar-refractivity contribution in [3.8, 4) is 11.5 Å². The standard InChI is InChI=1S/C23H18Cl2N2O6/c24-9-19(28)26-15-4-2-1-3-13(15)14-8-16(23(30)31)27(20(29)10-25)21(22(14)26)12-5-6-17-18(7-12)33-11-32-17/h1-7,16,21H,8-11H2,(H,30,31)/t16-,21-/m1/s1. The normalized spacial score (nSPS) is 18.9. The van der Waals surface area contributed by atoms with Gasteiger partial charge >= 0.3 is 5.97 Å². The lowest BCUT2D eigenvalue weighted by molar-refractivity contribution is -0.151. The number of nitrogens with zero attached hydrogens (tertiary/aromatic N) is 2. The molecule has 0 bridgehead atoms. The summed E-state index contributed by atoms with van der Waals surface area (Å²) in [7, 11) is 0. The fourth-order valence-electron chi connectivity index (χ4n) is 4.75. The molecule has 2 aliphatic rings. The van der Waals surface area contributed by atoms with Crippen LogP contribution in [0.3, 0.4) is 0 Å². The van der Waals surface area contributed by atoms with Gasteiger partial charge in [0, 0.05) is 11.8 Å². The van der Waals surface area contributed by atoms with Gasteiger partial charge in [0.2, 0.25) is 18.6 Å². The van der Waals surface area contributed by atoms with Gasteiger partial charge in [0.1, 0.15) is 17.8 Å². The zero-order valence-electron chi connectivity index (χ0n) is 17.2. The number of carbonyl (C=O) groups excluding carboxylic acids is 2. The number of carboxylic acid groups (broad SMARTS) is 1. The molecule has 1 amide bonds. The predicted molar refractivity (Wildman–Crippen MR) is 120 cm³/mol. The van der Waals surface area contributed by atoms with Crippen LogP contribution in [0.1, 0.15) is 27.7 Å². The summed E-state index contributed by atoms with van der Waals surface area (Å²) in [5, 5.41) is 10.8. The first-order chi connectivity index (χ1) is 16.0. The van der Waals surface area contributed by atoms with Crippen LogP contribution in [0, 0.1) is 0 Å². The molecule has 3 heterocycles. The van der Waals surface area contributed by atoms with Crippen molar-refractivity contribution in [2.24, 2.45) is 0 Å². The van der Waals surface area contributed by atoms with Gasteiger partial charge in [0.05, 0.1) is 17.3 Å². The number of amides is 1. The molecule has 0 saturated heterocycles. The number of alkyl halides is 2. The zero-order chi connectivity index (χ0) is 23.3. The van der Waals surface area contributed by atoms with Crippen molar-refractivity contribution < 1.29 is 29.0 Å². The molecule has 0 fully saturated rings. The van der Waals surface area contributed by atoms with Crippen molar-refractivity contribution in [3.63, 3.8) is 0 Å². The van der Waals surface area contributed by atoms with Crippen LogP contribution in [0.5, 0.6) is 11.5 Å². The summed E-state index contributed by atoms with van der Waals surface area (Å²) in [5.74, 6) is -1.80. The highest BCUT2D eigenvalue weighted by Crippen LogP contribution is 2.45. The summed E-state index contributed by atoms with van der Waals surface area (Å²) >= 11 is 11.9. The molecule has 0 unspecified atom stereocenters. The summed E-state index contributed by atoms with van der Waals surface area (Å²) in [4.78, 5) is 39.6. The third-order valence-electron chi connectivity index (χ3n) is 6.05. The maximum absolute atomic E-state index is 13.0. The van der Waals surface area contributed by atoms with Crippen molar-refractivity contribution in [3.05, 3.63) is 59.3 Å². The second kappa shape index (κ2) is 8.28.